The molecule has 24 heavy (non-hydrogen) atoms. The molecule has 0 radical (unpaired) electrons. The number of nitrogens with zero attached hydrogens (tertiary/aromatic N) is 2. The number of imide groups is 1. The minimum atomic E-state index is -0.363. The first kappa shape index (κ1) is 14.6. The van der Waals surface area contributed by atoms with Crippen LogP contribution in [-0.4, -0.2) is 21.1 Å². The lowest BCUT2D eigenvalue weighted by atomic mass is 10.0. The van der Waals surface area contributed by atoms with Crippen LogP contribution < -0.4 is 5.32 Å². The lowest BCUT2D eigenvalue weighted by Gasteiger charge is -2.06. The van der Waals surface area contributed by atoms with E-state index in [-0.39, 0.29) is 11.1 Å². The number of fused-ring (bicyclic) bond motifs is 1. The SMILES string of the molecule is O=C1NC(=O)/C(=C/c2ccc3ncnc(-c4ccccc4)c3c2)S1. The van der Waals surface area contributed by atoms with Gasteiger partial charge in [0.15, 0.2) is 0 Å². The van der Waals surface area contributed by atoms with E-state index in [1.165, 1.54) is 0 Å². The summed E-state index contributed by atoms with van der Waals surface area (Å²) in [5.41, 5.74) is 3.48. The highest BCUT2D eigenvalue weighted by molar-refractivity contribution is 8.18. The zero-order chi connectivity index (χ0) is 16.5. The van der Waals surface area contributed by atoms with E-state index in [1.807, 2.05) is 48.5 Å². The Balaban J connectivity index is 1.85. The molecule has 3 aromatic rings. The maximum Gasteiger partial charge on any atom is 0.290 e. The number of carbonyl (C=O) groups excluding carboxylic acids is 2. The van der Waals surface area contributed by atoms with Gasteiger partial charge in [-0.15, -0.1) is 0 Å². The van der Waals surface area contributed by atoms with E-state index in [4.69, 9.17) is 0 Å². The van der Waals surface area contributed by atoms with E-state index in [0.717, 1.165) is 39.5 Å². The van der Waals surface area contributed by atoms with Crippen molar-refractivity contribution in [2.45, 2.75) is 0 Å². The van der Waals surface area contributed by atoms with Crippen LogP contribution >= 0.6 is 11.8 Å². The molecule has 4 rings (SSSR count). The fraction of sp³-hybridized carbons (Fsp3) is 0. The monoisotopic (exact) mass is 333 g/mol. The Morgan fingerprint density at radius 3 is 2.58 bits per heavy atom. The van der Waals surface area contributed by atoms with Crippen LogP contribution in [0.15, 0.2) is 59.8 Å². The second kappa shape index (κ2) is 5.90. The third-order valence-electron chi connectivity index (χ3n) is 3.65. The van der Waals surface area contributed by atoms with Crippen LogP contribution in [0.4, 0.5) is 4.79 Å². The summed E-state index contributed by atoms with van der Waals surface area (Å²) >= 11 is 0.905. The van der Waals surface area contributed by atoms with Gasteiger partial charge in [-0.25, -0.2) is 9.97 Å². The number of nitrogens with one attached hydrogen (secondary N) is 1. The zero-order valence-electron chi connectivity index (χ0n) is 12.4. The predicted molar refractivity (Wildman–Crippen MR) is 94.1 cm³/mol. The number of hydrogen-bond acceptors (Lipinski definition) is 5. The summed E-state index contributed by atoms with van der Waals surface area (Å²) in [7, 11) is 0. The number of thioether (sulfide) groups is 1. The summed E-state index contributed by atoms with van der Waals surface area (Å²) in [6.45, 7) is 0. The van der Waals surface area contributed by atoms with Gasteiger partial charge in [-0.3, -0.25) is 14.9 Å². The smallest absolute Gasteiger partial charge is 0.282 e. The summed E-state index contributed by atoms with van der Waals surface area (Å²) in [5, 5.41) is 2.80. The van der Waals surface area contributed by atoms with Gasteiger partial charge < -0.3 is 0 Å². The van der Waals surface area contributed by atoms with Crippen molar-refractivity contribution in [1.29, 1.82) is 0 Å². The summed E-state index contributed by atoms with van der Waals surface area (Å²) < 4.78 is 0. The van der Waals surface area contributed by atoms with Gasteiger partial charge in [-0.2, -0.15) is 0 Å². The molecule has 0 bridgehead atoms. The Morgan fingerprint density at radius 1 is 1.00 bits per heavy atom. The molecule has 1 saturated heterocycles. The van der Waals surface area contributed by atoms with Crippen molar-refractivity contribution in [3.05, 3.63) is 65.3 Å². The fourth-order valence-corrected chi connectivity index (χ4v) is 3.24. The molecule has 0 spiro atoms. The molecule has 1 fully saturated rings. The Kier molecular flexibility index (Phi) is 3.59. The van der Waals surface area contributed by atoms with Crippen LogP contribution in [0.3, 0.4) is 0 Å². The maximum atomic E-state index is 11.7. The fourth-order valence-electron chi connectivity index (χ4n) is 2.56. The third kappa shape index (κ3) is 2.68. The Morgan fingerprint density at radius 2 is 1.83 bits per heavy atom. The van der Waals surface area contributed by atoms with Crippen LogP contribution in [-0.2, 0) is 4.79 Å². The number of amides is 2. The first-order valence-corrected chi connectivity index (χ1v) is 8.07. The van der Waals surface area contributed by atoms with Crippen molar-refractivity contribution in [3.8, 4) is 11.3 Å². The topological polar surface area (TPSA) is 72.0 Å². The first-order chi connectivity index (χ1) is 11.7. The Hall–Kier alpha value is -2.99. The van der Waals surface area contributed by atoms with Crippen molar-refractivity contribution in [2.24, 2.45) is 0 Å². The molecule has 0 atom stereocenters. The zero-order valence-corrected chi connectivity index (χ0v) is 13.2. The molecule has 0 saturated carbocycles. The maximum absolute atomic E-state index is 11.7. The molecule has 0 unspecified atom stereocenters. The van der Waals surface area contributed by atoms with Gasteiger partial charge in [0, 0.05) is 10.9 Å². The highest BCUT2D eigenvalue weighted by Gasteiger charge is 2.24. The molecule has 1 aliphatic rings. The highest BCUT2D eigenvalue weighted by Crippen LogP contribution is 2.29. The van der Waals surface area contributed by atoms with Crippen LogP contribution in [0.2, 0.25) is 0 Å². The average molecular weight is 333 g/mol. The lowest BCUT2D eigenvalue weighted by Crippen LogP contribution is -2.17. The summed E-state index contributed by atoms with van der Waals surface area (Å²) in [6.07, 6.45) is 3.24. The largest absolute Gasteiger partial charge is 0.290 e. The second-order valence-corrected chi connectivity index (χ2v) is 6.23. The molecule has 2 amide bonds. The Bertz CT molecular complexity index is 1000. The van der Waals surface area contributed by atoms with Gasteiger partial charge in [0.1, 0.15) is 6.33 Å². The lowest BCUT2D eigenvalue weighted by molar-refractivity contribution is -0.115. The molecule has 2 heterocycles. The van der Waals surface area contributed by atoms with Gasteiger partial charge in [0.05, 0.1) is 16.1 Å². The van der Waals surface area contributed by atoms with E-state index in [0.29, 0.717) is 4.91 Å². The van der Waals surface area contributed by atoms with Crippen LogP contribution in [0.1, 0.15) is 5.56 Å². The van der Waals surface area contributed by atoms with Crippen molar-refractivity contribution in [3.63, 3.8) is 0 Å². The minimum Gasteiger partial charge on any atom is -0.282 e. The van der Waals surface area contributed by atoms with Gasteiger partial charge in [0.2, 0.25) is 0 Å². The van der Waals surface area contributed by atoms with E-state index < -0.39 is 0 Å². The summed E-state index contributed by atoms with van der Waals surface area (Å²) in [6, 6.07) is 15.5. The van der Waals surface area contributed by atoms with Gasteiger partial charge in [0.25, 0.3) is 11.1 Å². The number of hydrogen-bond donors (Lipinski definition) is 1. The Labute approximate surface area is 141 Å². The molecule has 2 aromatic carbocycles. The number of aromatic nitrogens is 2. The van der Waals surface area contributed by atoms with E-state index in [1.54, 1.807) is 12.4 Å². The average Bonchev–Trinajstić information content (AvgIpc) is 2.92. The first-order valence-electron chi connectivity index (χ1n) is 7.26. The molecule has 5 nitrogen and oxygen atoms in total. The minimum absolute atomic E-state index is 0.347. The molecular formula is C18H11N3O2S. The summed E-state index contributed by atoms with van der Waals surface area (Å²) in [4.78, 5) is 32.1. The molecule has 1 N–H and O–H groups in total. The molecular weight excluding hydrogens is 322 g/mol. The van der Waals surface area contributed by atoms with Crippen molar-refractivity contribution >= 4 is 39.9 Å². The van der Waals surface area contributed by atoms with Crippen LogP contribution in [0, 0.1) is 0 Å². The van der Waals surface area contributed by atoms with E-state index >= 15 is 0 Å². The van der Waals surface area contributed by atoms with Crippen LogP contribution in [0.25, 0.3) is 28.2 Å². The predicted octanol–water partition coefficient (Wildman–Crippen LogP) is 3.62. The molecule has 1 aliphatic heterocycles. The van der Waals surface area contributed by atoms with E-state index in [9.17, 15) is 9.59 Å². The highest BCUT2D eigenvalue weighted by atomic mass is 32.2. The number of rotatable bonds is 2. The van der Waals surface area contributed by atoms with Gasteiger partial charge >= 0.3 is 0 Å². The van der Waals surface area contributed by atoms with E-state index in [2.05, 4.69) is 15.3 Å². The standard InChI is InChI=1S/C18H11N3O2S/c22-17-15(24-18(23)21-17)9-11-6-7-14-13(8-11)16(20-10-19-14)12-4-2-1-3-5-12/h1-10H,(H,21,22,23)/b15-9-. The molecule has 116 valence electrons. The summed E-state index contributed by atoms with van der Waals surface area (Å²) in [5.74, 6) is -0.363. The van der Waals surface area contributed by atoms with Crippen molar-refractivity contribution in [1.82, 2.24) is 15.3 Å². The van der Waals surface area contributed by atoms with Crippen molar-refractivity contribution < 1.29 is 9.59 Å². The van der Waals surface area contributed by atoms with Gasteiger partial charge in [-0.1, -0.05) is 36.4 Å². The molecule has 6 heteroatoms. The molecule has 0 aliphatic carbocycles. The quantitative estimate of drug-likeness (QED) is 0.725. The second-order valence-electron chi connectivity index (χ2n) is 5.22. The third-order valence-corrected chi connectivity index (χ3v) is 4.46. The number of benzene rings is 2. The van der Waals surface area contributed by atoms with Crippen LogP contribution in [0.5, 0.6) is 0 Å². The molecule has 1 aromatic heterocycles. The van der Waals surface area contributed by atoms with Crippen molar-refractivity contribution in [2.75, 3.05) is 0 Å². The number of carbonyl (C=O) groups is 2. The van der Waals surface area contributed by atoms with Gasteiger partial charge in [-0.05, 0) is 35.5 Å². The normalized spacial score (nSPS) is 15.9.